The van der Waals surface area contributed by atoms with Crippen LogP contribution in [0, 0.1) is 23.7 Å². The van der Waals surface area contributed by atoms with Crippen LogP contribution >= 0.6 is 11.6 Å². The Balaban J connectivity index is 1.97. The molecule has 0 aromatic heterocycles. The van der Waals surface area contributed by atoms with Gasteiger partial charge in [-0.15, -0.1) is 0 Å². The highest BCUT2D eigenvalue weighted by Gasteiger charge is 2.43. The summed E-state index contributed by atoms with van der Waals surface area (Å²) in [6, 6.07) is 3.60. The summed E-state index contributed by atoms with van der Waals surface area (Å²) in [6.45, 7) is 16.6. The van der Waals surface area contributed by atoms with Crippen LogP contribution in [-0.2, 0) is 70.4 Å². The zero-order valence-corrected chi connectivity index (χ0v) is 63.4. The molecule has 2 aliphatic heterocycles. The third-order valence-corrected chi connectivity index (χ3v) is 19.2. The van der Waals surface area contributed by atoms with Crippen LogP contribution in [0.3, 0.4) is 0 Å². The number of hydrogen-bond acceptors (Lipinski definition) is 14. The first-order chi connectivity index (χ1) is 47.5. The normalized spacial score (nSPS) is 24.2. The lowest BCUT2D eigenvalue weighted by Gasteiger charge is -2.37. The van der Waals surface area contributed by atoms with Crippen molar-refractivity contribution < 1.29 is 67.7 Å². The van der Waals surface area contributed by atoms with E-state index in [1.54, 1.807) is 49.9 Å². The maximum absolute atomic E-state index is 15.4. The molecule has 2 fully saturated rings. The van der Waals surface area contributed by atoms with Crippen LogP contribution in [0.15, 0.2) is 54.6 Å². The number of halogens is 1. The highest BCUT2D eigenvalue weighted by Crippen LogP contribution is 2.24. The Hall–Kier alpha value is -7.71. The second-order valence-corrected chi connectivity index (χ2v) is 29.5. The Morgan fingerprint density at radius 3 is 1.57 bits per heavy atom. The van der Waals surface area contributed by atoms with Gasteiger partial charge in [0, 0.05) is 80.0 Å². The number of nitrogens with one attached hydrogen (secondary N) is 4. The fraction of sp³-hybridized carbons (Fsp3) is 0.676. The minimum atomic E-state index is -1.67. The number of unbranched alkanes of at least 4 members (excludes halogenated alkanes) is 1. The molecule has 2 aromatic rings. The number of carbonyl (C=O) groups excluding carboxylic acids is 12. The van der Waals surface area contributed by atoms with Crippen molar-refractivity contribution in [2.75, 3.05) is 81.6 Å². The smallest absolute Gasteiger partial charge is 0.248 e. The quantitative estimate of drug-likeness (QED) is 0.102. The maximum atomic E-state index is 15.4. The van der Waals surface area contributed by atoms with Crippen LogP contribution in [0.2, 0.25) is 5.02 Å². The van der Waals surface area contributed by atoms with Crippen molar-refractivity contribution in [3.05, 3.63) is 70.7 Å². The van der Waals surface area contributed by atoms with Gasteiger partial charge >= 0.3 is 0 Å². The lowest BCUT2D eigenvalue weighted by atomic mass is 9.97. The molecule has 2 aliphatic rings. The van der Waals surface area contributed by atoms with Crippen molar-refractivity contribution in [1.29, 1.82) is 0 Å². The second-order valence-electron chi connectivity index (χ2n) is 29.1. The average molecular weight is 1430 g/mol. The minimum absolute atomic E-state index is 0.0181. The predicted octanol–water partition coefficient (Wildman–Crippen LogP) is 4.04. The van der Waals surface area contributed by atoms with E-state index >= 15 is 24.0 Å². The number of aryl methyl sites for hydroxylation is 1. The third kappa shape index (κ3) is 25.6. The molecule has 0 bridgehead atoms. The van der Waals surface area contributed by atoms with Crippen LogP contribution in [0.1, 0.15) is 157 Å². The van der Waals surface area contributed by atoms with Gasteiger partial charge in [0.1, 0.15) is 54.4 Å². The van der Waals surface area contributed by atoms with E-state index in [9.17, 15) is 43.8 Å². The van der Waals surface area contributed by atoms with E-state index in [2.05, 4.69) is 21.3 Å². The summed E-state index contributed by atoms with van der Waals surface area (Å²) in [6.07, 6.45) is 1.16. The zero-order valence-electron chi connectivity index (χ0n) is 62.7. The summed E-state index contributed by atoms with van der Waals surface area (Å²) in [5.74, 6) is -10.0. The summed E-state index contributed by atoms with van der Waals surface area (Å²) in [5, 5.41) is 33.0. The lowest BCUT2D eigenvalue weighted by molar-refractivity contribution is -0.151. The van der Waals surface area contributed by atoms with Crippen LogP contribution in [0.4, 0.5) is 0 Å². The number of amides is 12. The van der Waals surface area contributed by atoms with E-state index in [4.69, 9.17) is 11.6 Å². The van der Waals surface area contributed by atoms with Crippen LogP contribution in [0.25, 0.3) is 0 Å². The molecule has 4 rings (SSSR count). The van der Waals surface area contributed by atoms with Gasteiger partial charge in [-0.25, -0.2) is 0 Å². The van der Waals surface area contributed by atoms with E-state index in [0.29, 0.717) is 49.4 Å². The standard InChI is InChI=1S/C74H117ClN12O14/c1-17-34-87-45-63(92)82(13)60(42-52-29-26-30-53(75)41-52)72(99)84(15)58(39-47(4)5)67(94)76-54(31-22-25-37-88)70(97)83(14)57(38-46(2)3)68(95)77-55(71(98)86-35-23-19-24-36-86)43-61(90)80(11)44-62(91)81(12)56(33-32-51-27-20-18-21-28-51)66(93)78-64(49(8)9)73(100)85(16)59(40-48(6)7)69(96)79-65(50(10)89)74(87)101/h18,20-21,26-30,41,46-50,54-60,64-65,88-89H,17,19,22-25,31-40,42-45H2,1-16H3,(H,76,94)(H,77,95)(H,78,93)(H,79,96)/t50-,54?,55+,56+,57+,58+,59+,60+,64+,65+/m1/s1. The molecule has 0 spiro atoms. The number of piperidine rings is 1. The second kappa shape index (κ2) is 41.4. The number of aliphatic hydroxyl groups excluding tert-OH is 2. The SMILES string of the molecule is CCCN1CC(=O)N(C)[C@@H](Cc2cccc(Cl)c2)C(=O)N(C)[C@@H](CC(C)C)C(=O)NC(CCCCO)C(=O)N(C)[C@@H](CC(C)C)C(=O)N[C@H](C(=O)N2CCCCC2)CC(=O)N(C)CC(=O)N(C)[C@@H](CCc2ccccc2)C(=O)N[C@@H](C(C)C)C(=O)N(C)[C@@H](CC(C)C)C(=O)N[C@@H]([C@@H](C)O)C1=O. The summed E-state index contributed by atoms with van der Waals surface area (Å²) >= 11 is 6.49. The monoisotopic (exact) mass is 1430 g/mol. The number of rotatable bonds is 20. The van der Waals surface area contributed by atoms with Gasteiger partial charge in [-0.2, -0.15) is 0 Å². The first kappa shape index (κ1) is 85.7. The molecule has 26 nitrogen and oxygen atoms in total. The Labute approximate surface area is 603 Å². The van der Waals surface area contributed by atoms with E-state index in [1.807, 2.05) is 71.9 Å². The molecule has 2 heterocycles. The zero-order chi connectivity index (χ0) is 75.7. The summed E-state index contributed by atoms with van der Waals surface area (Å²) in [4.78, 5) is 189. The van der Waals surface area contributed by atoms with E-state index in [-0.39, 0.29) is 82.3 Å². The fourth-order valence-corrected chi connectivity index (χ4v) is 13.0. The molecule has 564 valence electrons. The molecule has 10 atom stereocenters. The van der Waals surface area contributed by atoms with Gasteiger partial charge < -0.3 is 70.7 Å². The third-order valence-electron chi connectivity index (χ3n) is 19.0. The van der Waals surface area contributed by atoms with Crippen LogP contribution in [0.5, 0.6) is 0 Å². The highest BCUT2D eigenvalue weighted by molar-refractivity contribution is 6.30. The molecule has 12 amide bonds. The van der Waals surface area contributed by atoms with Crippen LogP contribution < -0.4 is 21.3 Å². The van der Waals surface area contributed by atoms with Gasteiger partial charge in [0.2, 0.25) is 70.9 Å². The number of hydrogen-bond donors (Lipinski definition) is 6. The van der Waals surface area contributed by atoms with E-state index in [1.165, 1.54) is 78.6 Å². The van der Waals surface area contributed by atoms with Gasteiger partial charge in [-0.1, -0.05) is 116 Å². The number of nitrogens with zero attached hydrogens (tertiary/aromatic N) is 8. The van der Waals surface area contributed by atoms with Crippen LogP contribution in [-0.4, -0.2) is 262 Å². The fourth-order valence-electron chi connectivity index (χ4n) is 12.8. The lowest BCUT2D eigenvalue weighted by Crippen LogP contribution is -2.62. The van der Waals surface area contributed by atoms with Gasteiger partial charge in [0.05, 0.1) is 25.6 Å². The van der Waals surface area contributed by atoms with E-state index < -0.39 is 157 Å². The largest absolute Gasteiger partial charge is 0.396 e. The Bertz CT molecular complexity index is 3110. The molecule has 101 heavy (non-hydrogen) atoms. The molecule has 2 saturated heterocycles. The van der Waals surface area contributed by atoms with Gasteiger partial charge in [0.25, 0.3) is 0 Å². The molecule has 1 unspecified atom stereocenters. The van der Waals surface area contributed by atoms with Crippen molar-refractivity contribution in [3.63, 3.8) is 0 Å². The molecule has 6 N–H and O–H groups in total. The van der Waals surface area contributed by atoms with Crippen molar-refractivity contribution in [2.24, 2.45) is 23.7 Å². The first-order valence-corrected chi connectivity index (χ1v) is 36.3. The topological polar surface area (TPSA) is 319 Å². The van der Waals surface area contributed by atoms with Gasteiger partial charge in [-0.3, -0.25) is 57.5 Å². The number of carbonyl (C=O) groups is 12. The average Bonchev–Trinajstić information content (AvgIpc) is 0.822. The molecule has 2 aromatic carbocycles. The van der Waals surface area contributed by atoms with Crippen molar-refractivity contribution in [3.8, 4) is 0 Å². The van der Waals surface area contributed by atoms with Crippen molar-refractivity contribution >= 4 is 82.5 Å². The molecule has 0 saturated carbocycles. The van der Waals surface area contributed by atoms with Gasteiger partial charge in [-0.05, 0) is 131 Å². The van der Waals surface area contributed by atoms with E-state index in [0.717, 1.165) is 16.9 Å². The molecular weight excluding hydrogens is 1320 g/mol. The number of likely N-dealkylation sites (tertiary alicyclic amines) is 1. The van der Waals surface area contributed by atoms with Crippen molar-refractivity contribution in [1.82, 2.24) is 60.5 Å². The Morgan fingerprint density at radius 1 is 0.535 bits per heavy atom. The van der Waals surface area contributed by atoms with Crippen molar-refractivity contribution in [2.45, 2.75) is 220 Å². The maximum Gasteiger partial charge on any atom is 0.248 e. The summed E-state index contributed by atoms with van der Waals surface area (Å²) < 4.78 is 0. The minimum Gasteiger partial charge on any atom is -0.396 e. The molecule has 0 radical (unpaired) electrons. The molecule has 0 aliphatic carbocycles. The first-order valence-electron chi connectivity index (χ1n) is 36.0. The Kier molecular flexibility index (Phi) is 35.1. The Morgan fingerprint density at radius 2 is 1.04 bits per heavy atom. The molecule has 27 heteroatoms. The summed E-state index contributed by atoms with van der Waals surface area (Å²) in [5.41, 5.74) is 1.37. The highest BCUT2D eigenvalue weighted by atomic mass is 35.5. The number of benzene rings is 2. The number of likely N-dealkylation sites (N-methyl/N-ethyl adjacent to an activating group) is 6. The predicted molar refractivity (Wildman–Crippen MR) is 386 cm³/mol. The summed E-state index contributed by atoms with van der Waals surface area (Å²) in [7, 11) is 8.35. The molecular formula is C74H117ClN12O14. The number of aliphatic hydroxyl groups is 2. The van der Waals surface area contributed by atoms with Gasteiger partial charge in [0.15, 0.2) is 0 Å².